The smallest absolute Gasteiger partial charge is 0.142 e. The maximum absolute atomic E-state index is 6.03. The molecule has 1 aliphatic rings. The van der Waals surface area contributed by atoms with Crippen molar-refractivity contribution >= 4 is 17.3 Å². The summed E-state index contributed by atoms with van der Waals surface area (Å²) in [4.78, 5) is 0. The minimum atomic E-state index is 0.470. The van der Waals surface area contributed by atoms with Crippen molar-refractivity contribution in [2.24, 2.45) is 0 Å². The van der Waals surface area contributed by atoms with Crippen LogP contribution in [0, 0.1) is 0 Å². The lowest BCUT2D eigenvalue weighted by Crippen LogP contribution is -2.22. The lowest BCUT2D eigenvalue weighted by atomic mass is 10.2. The molecule has 0 radical (unpaired) electrons. The van der Waals surface area contributed by atoms with Crippen molar-refractivity contribution in [1.29, 1.82) is 0 Å². The van der Waals surface area contributed by atoms with Crippen molar-refractivity contribution in [2.45, 2.75) is 25.8 Å². The highest BCUT2D eigenvalue weighted by Crippen LogP contribution is 2.29. The summed E-state index contributed by atoms with van der Waals surface area (Å²) < 4.78 is 5.71. The van der Waals surface area contributed by atoms with Gasteiger partial charge in [-0.25, -0.2) is 0 Å². The third-order valence-electron chi connectivity index (χ3n) is 2.82. The van der Waals surface area contributed by atoms with Crippen LogP contribution in [0.5, 0.6) is 5.75 Å². The van der Waals surface area contributed by atoms with E-state index in [1.807, 2.05) is 18.2 Å². The third kappa shape index (κ3) is 3.51. The van der Waals surface area contributed by atoms with Crippen molar-refractivity contribution < 1.29 is 4.74 Å². The Bertz CT molecular complexity index is 364. The SMILES string of the molecule is CCCOc1ccc(Cl)cc1NC1CCNC1. The zero-order valence-corrected chi connectivity index (χ0v) is 10.9. The second-order valence-electron chi connectivity index (χ2n) is 4.32. The minimum Gasteiger partial charge on any atom is -0.491 e. The largest absolute Gasteiger partial charge is 0.491 e. The van der Waals surface area contributed by atoms with Gasteiger partial charge in [0.15, 0.2) is 0 Å². The maximum Gasteiger partial charge on any atom is 0.142 e. The molecule has 1 unspecified atom stereocenters. The summed E-state index contributed by atoms with van der Waals surface area (Å²) in [6.07, 6.45) is 2.15. The normalized spacial score (nSPS) is 19.3. The second-order valence-corrected chi connectivity index (χ2v) is 4.76. The second kappa shape index (κ2) is 6.12. The molecule has 0 spiro atoms. The highest BCUT2D eigenvalue weighted by atomic mass is 35.5. The summed E-state index contributed by atoms with van der Waals surface area (Å²) in [5.41, 5.74) is 1.000. The summed E-state index contributed by atoms with van der Waals surface area (Å²) in [6, 6.07) is 6.20. The zero-order valence-electron chi connectivity index (χ0n) is 10.1. The van der Waals surface area contributed by atoms with Gasteiger partial charge in [0.2, 0.25) is 0 Å². The fourth-order valence-corrected chi connectivity index (χ4v) is 2.12. The number of halogens is 1. The van der Waals surface area contributed by atoms with Crippen molar-refractivity contribution in [3.8, 4) is 5.75 Å². The van der Waals surface area contributed by atoms with E-state index in [0.29, 0.717) is 6.04 Å². The van der Waals surface area contributed by atoms with Gasteiger partial charge in [0, 0.05) is 17.6 Å². The number of rotatable bonds is 5. The molecule has 4 heteroatoms. The van der Waals surface area contributed by atoms with Crippen LogP contribution in [0.2, 0.25) is 5.02 Å². The molecular weight excluding hydrogens is 236 g/mol. The van der Waals surface area contributed by atoms with E-state index in [1.165, 1.54) is 0 Å². The quantitative estimate of drug-likeness (QED) is 0.848. The predicted octanol–water partition coefficient (Wildman–Crippen LogP) is 2.90. The number of hydrogen-bond acceptors (Lipinski definition) is 3. The summed E-state index contributed by atoms with van der Waals surface area (Å²) >= 11 is 6.03. The lowest BCUT2D eigenvalue weighted by Gasteiger charge is -2.17. The number of anilines is 1. The molecule has 17 heavy (non-hydrogen) atoms. The van der Waals surface area contributed by atoms with Crippen molar-refractivity contribution in [2.75, 3.05) is 25.0 Å². The zero-order chi connectivity index (χ0) is 12.1. The summed E-state index contributed by atoms with van der Waals surface area (Å²) in [6.45, 7) is 4.91. The van der Waals surface area contributed by atoms with Crippen molar-refractivity contribution in [3.05, 3.63) is 23.2 Å². The van der Waals surface area contributed by atoms with Crippen LogP contribution >= 0.6 is 11.6 Å². The Hall–Kier alpha value is -0.930. The third-order valence-corrected chi connectivity index (χ3v) is 3.06. The monoisotopic (exact) mass is 254 g/mol. The van der Waals surface area contributed by atoms with Gasteiger partial charge in [-0.2, -0.15) is 0 Å². The Morgan fingerprint density at radius 3 is 3.12 bits per heavy atom. The van der Waals surface area contributed by atoms with Gasteiger partial charge in [-0.05, 0) is 37.6 Å². The Kier molecular flexibility index (Phi) is 4.51. The van der Waals surface area contributed by atoms with Crippen LogP contribution in [0.4, 0.5) is 5.69 Å². The van der Waals surface area contributed by atoms with Crippen LogP contribution in [0.15, 0.2) is 18.2 Å². The first-order valence-electron chi connectivity index (χ1n) is 6.19. The standard InChI is InChI=1S/C13H19ClN2O/c1-2-7-17-13-4-3-10(14)8-12(13)16-11-5-6-15-9-11/h3-4,8,11,15-16H,2,5-7,9H2,1H3. The molecule has 2 rings (SSSR count). The first kappa shape index (κ1) is 12.5. The first-order valence-corrected chi connectivity index (χ1v) is 6.57. The van der Waals surface area contributed by atoms with E-state index in [2.05, 4.69) is 17.6 Å². The van der Waals surface area contributed by atoms with Crippen LogP contribution in [-0.2, 0) is 0 Å². The van der Waals surface area contributed by atoms with E-state index in [0.717, 1.165) is 49.0 Å². The molecule has 3 nitrogen and oxygen atoms in total. The van der Waals surface area contributed by atoms with E-state index in [1.54, 1.807) is 0 Å². The van der Waals surface area contributed by atoms with Gasteiger partial charge in [0.05, 0.1) is 12.3 Å². The maximum atomic E-state index is 6.03. The summed E-state index contributed by atoms with van der Waals surface area (Å²) in [7, 11) is 0. The molecule has 1 fully saturated rings. The molecule has 0 saturated carbocycles. The molecule has 0 amide bonds. The fraction of sp³-hybridized carbons (Fsp3) is 0.538. The molecule has 0 aromatic heterocycles. The summed E-state index contributed by atoms with van der Waals surface area (Å²) in [5, 5.41) is 7.56. The van der Waals surface area contributed by atoms with Gasteiger partial charge < -0.3 is 15.4 Å². The molecule has 0 bridgehead atoms. The van der Waals surface area contributed by atoms with E-state index in [-0.39, 0.29) is 0 Å². The van der Waals surface area contributed by atoms with Gasteiger partial charge in [0.25, 0.3) is 0 Å². The highest BCUT2D eigenvalue weighted by Gasteiger charge is 2.16. The Balaban J connectivity index is 2.08. The molecule has 94 valence electrons. The fourth-order valence-electron chi connectivity index (χ4n) is 1.95. The number of nitrogens with one attached hydrogen (secondary N) is 2. The number of hydrogen-bond donors (Lipinski definition) is 2. The van der Waals surface area contributed by atoms with Crippen molar-refractivity contribution in [3.63, 3.8) is 0 Å². The molecule has 1 aromatic carbocycles. The molecule has 1 saturated heterocycles. The molecule has 0 aliphatic carbocycles. The number of benzene rings is 1. The van der Waals surface area contributed by atoms with Gasteiger partial charge in [-0.15, -0.1) is 0 Å². The minimum absolute atomic E-state index is 0.470. The van der Waals surface area contributed by atoms with Gasteiger partial charge >= 0.3 is 0 Å². The van der Waals surface area contributed by atoms with Crippen LogP contribution in [0.25, 0.3) is 0 Å². The van der Waals surface area contributed by atoms with Crippen LogP contribution in [0.3, 0.4) is 0 Å². The first-order chi connectivity index (χ1) is 8.29. The van der Waals surface area contributed by atoms with Crippen LogP contribution < -0.4 is 15.4 Å². The predicted molar refractivity (Wildman–Crippen MR) is 72.1 cm³/mol. The molecule has 1 aliphatic heterocycles. The van der Waals surface area contributed by atoms with Gasteiger partial charge in [-0.3, -0.25) is 0 Å². The molecular formula is C13H19ClN2O. The molecule has 1 aromatic rings. The average Bonchev–Trinajstić information content (AvgIpc) is 2.81. The van der Waals surface area contributed by atoms with Gasteiger partial charge in [0.1, 0.15) is 5.75 Å². The Labute approximate surface area is 107 Å². The Morgan fingerprint density at radius 1 is 1.53 bits per heavy atom. The lowest BCUT2D eigenvalue weighted by molar-refractivity contribution is 0.318. The summed E-state index contributed by atoms with van der Waals surface area (Å²) in [5.74, 6) is 0.892. The van der Waals surface area contributed by atoms with Gasteiger partial charge in [-0.1, -0.05) is 18.5 Å². The van der Waals surface area contributed by atoms with E-state index < -0.39 is 0 Å². The van der Waals surface area contributed by atoms with Crippen LogP contribution in [0.1, 0.15) is 19.8 Å². The van der Waals surface area contributed by atoms with Crippen molar-refractivity contribution in [1.82, 2.24) is 5.32 Å². The van der Waals surface area contributed by atoms with E-state index in [9.17, 15) is 0 Å². The topological polar surface area (TPSA) is 33.3 Å². The Morgan fingerprint density at radius 2 is 2.41 bits per heavy atom. The molecule has 1 atom stereocenters. The van der Waals surface area contributed by atoms with E-state index in [4.69, 9.17) is 16.3 Å². The average molecular weight is 255 g/mol. The molecule has 2 N–H and O–H groups in total. The number of ether oxygens (including phenoxy) is 1. The van der Waals surface area contributed by atoms with Crippen LogP contribution in [-0.4, -0.2) is 25.7 Å². The molecule has 1 heterocycles. The van der Waals surface area contributed by atoms with E-state index >= 15 is 0 Å². The highest BCUT2D eigenvalue weighted by molar-refractivity contribution is 6.30.